The van der Waals surface area contributed by atoms with Crippen LogP contribution in [0.5, 0.6) is 0 Å². The summed E-state index contributed by atoms with van der Waals surface area (Å²) >= 11 is 0. The molecule has 1 aliphatic carbocycles. The normalized spacial score (nSPS) is 43.4. The van der Waals surface area contributed by atoms with Crippen molar-refractivity contribution in [3.05, 3.63) is 0 Å². The van der Waals surface area contributed by atoms with Crippen molar-refractivity contribution in [2.45, 2.75) is 51.1 Å². The summed E-state index contributed by atoms with van der Waals surface area (Å²) in [7, 11) is 0. The topological polar surface area (TPSA) is 6.48 Å². The second kappa shape index (κ2) is 4.06. The maximum atomic E-state index is 2.80. The summed E-state index contributed by atoms with van der Waals surface area (Å²) in [6, 6.07) is 1.85. The standard InChI is InChI=1S/C13H24N2/c1-11-8-13(9-11)15-7-3-6-14-5-2-4-12(14)10-15/h11-13H,2-10H2,1H3. The Labute approximate surface area is 93.6 Å². The van der Waals surface area contributed by atoms with Crippen molar-refractivity contribution in [1.29, 1.82) is 0 Å². The summed E-state index contributed by atoms with van der Waals surface area (Å²) in [4.78, 5) is 5.54. The average molecular weight is 208 g/mol. The molecule has 15 heavy (non-hydrogen) atoms. The molecular formula is C13H24N2. The van der Waals surface area contributed by atoms with Crippen molar-refractivity contribution in [3.8, 4) is 0 Å². The van der Waals surface area contributed by atoms with Gasteiger partial charge in [-0.2, -0.15) is 0 Å². The van der Waals surface area contributed by atoms with Gasteiger partial charge in [-0.1, -0.05) is 6.92 Å². The summed E-state index contributed by atoms with van der Waals surface area (Å²) < 4.78 is 0. The van der Waals surface area contributed by atoms with Crippen LogP contribution in [0.4, 0.5) is 0 Å². The lowest BCUT2D eigenvalue weighted by Crippen LogP contribution is -2.47. The molecule has 0 amide bonds. The predicted octanol–water partition coefficient (Wildman–Crippen LogP) is 1.95. The fraction of sp³-hybridized carbons (Fsp3) is 1.00. The first-order valence-electron chi connectivity index (χ1n) is 6.81. The van der Waals surface area contributed by atoms with Crippen molar-refractivity contribution in [3.63, 3.8) is 0 Å². The lowest BCUT2D eigenvalue weighted by molar-refractivity contribution is 0.0792. The van der Waals surface area contributed by atoms with E-state index in [9.17, 15) is 0 Å². The van der Waals surface area contributed by atoms with Crippen LogP contribution in [-0.2, 0) is 0 Å². The highest BCUT2D eigenvalue weighted by atomic mass is 15.3. The van der Waals surface area contributed by atoms with Crippen LogP contribution in [0, 0.1) is 5.92 Å². The molecule has 0 N–H and O–H groups in total. The van der Waals surface area contributed by atoms with Gasteiger partial charge in [-0.3, -0.25) is 9.80 Å². The molecule has 1 saturated carbocycles. The first-order valence-corrected chi connectivity index (χ1v) is 6.81. The average Bonchev–Trinajstić information content (AvgIpc) is 2.51. The van der Waals surface area contributed by atoms with Crippen LogP contribution in [0.2, 0.25) is 0 Å². The summed E-state index contributed by atoms with van der Waals surface area (Å²) in [5.74, 6) is 0.998. The molecule has 2 saturated heterocycles. The Hall–Kier alpha value is -0.0800. The van der Waals surface area contributed by atoms with Crippen LogP contribution < -0.4 is 0 Å². The molecule has 2 heterocycles. The minimum absolute atomic E-state index is 0.906. The van der Waals surface area contributed by atoms with Crippen LogP contribution >= 0.6 is 0 Å². The Bertz CT molecular complexity index is 223. The largest absolute Gasteiger partial charge is 0.299 e. The minimum Gasteiger partial charge on any atom is -0.299 e. The van der Waals surface area contributed by atoms with Crippen LogP contribution in [0.1, 0.15) is 39.0 Å². The quantitative estimate of drug-likeness (QED) is 0.650. The van der Waals surface area contributed by atoms with E-state index in [4.69, 9.17) is 0 Å². The van der Waals surface area contributed by atoms with E-state index < -0.39 is 0 Å². The molecule has 2 aliphatic heterocycles. The van der Waals surface area contributed by atoms with E-state index in [-0.39, 0.29) is 0 Å². The van der Waals surface area contributed by atoms with E-state index in [2.05, 4.69) is 16.7 Å². The number of fused-ring (bicyclic) bond motifs is 1. The molecule has 1 atom stereocenters. The van der Waals surface area contributed by atoms with Gasteiger partial charge in [0.1, 0.15) is 0 Å². The molecule has 0 spiro atoms. The molecule has 0 aromatic carbocycles. The third-order valence-electron chi connectivity index (χ3n) is 4.70. The van der Waals surface area contributed by atoms with E-state index in [1.807, 2.05) is 0 Å². The van der Waals surface area contributed by atoms with Gasteiger partial charge in [0, 0.05) is 18.6 Å². The van der Waals surface area contributed by atoms with Crippen LogP contribution in [0.25, 0.3) is 0 Å². The monoisotopic (exact) mass is 208 g/mol. The molecule has 1 unspecified atom stereocenters. The molecule has 86 valence electrons. The first-order chi connectivity index (χ1) is 7.33. The van der Waals surface area contributed by atoms with Gasteiger partial charge in [0.2, 0.25) is 0 Å². The Morgan fingerprint density at radius 3 is 2.40 bits per heavy atom. The number of hydrogen-bond donors (Lipinski definition) is 0. The Morgan fingerprint density at radius 1 is 0.867 bits per heavy atom. The Morgan fingerprint density at radius 2 is 1.60 bits per heavy atom. The summed E-state index contributed by atoms with van der Waals surface area (Å²) in [5, 5.41) is 0. The number of hydrogen-bond acceptors (Lipinski definition) is 2. The Balaban J connectivity index is 1.60. The molecule has 0 aromatic rings. The van der Waals surface area contributed by atoms with Crippen molar-refractivity contribution >= 4 is 0 Å². The highest BCUT2D eigenvalue weighted by molar-refractivity contribution is 4.91. The second-order valence-electron chi connectivity index (χ2n) is 5.91. The first kappa shape index (κ1) is 10.1. The molecule has 3 fully saturated rings. The maximum Gasteiger partial charge on any atom is 0.0223 e. The number of nitrogens with zero attached hydrogens (tertiary/aromatic N) is 2. The van der Waals surface area contributed by atoms with E-state index in [1.165, 1.54) is 58.3 Å². The molecule has 2 nitrogen and oxygen atoms in total. The van der Waals surface area contributed by atoms with Gasteiger partial charge in [-0.05, 0) is 57.7 Å². The van der Waals surface area contributed by atoms with Gasteiger partial charge in [-0.15, -0.1) is 0 Å². The zero-order valence-electron chi connectivity index (χ0n) is 9.99. The molecule has 0 bridgehead atoms. The van der Waals surface area contributed by atoms with Gasteiger partial charge in [-0.25, -0.2) is 0 Å². The molecule has 0 aromatic heterocycles. The third-order valence-corrected chi connectivity index (χ3v) is 4.70. The molecule has 3 rings (SSSR count). The fourth-order valence-corrected chi connectivity index (χ4v) is 3.72. The van der Waals surface area contributed by atoms with Crippen LogP contribution in [0.3, 0.4) is 0 Å². The fourth-order valence-electron chi connectivity index (χ4n) is 3.72. The van der Waals surface area contributed by atoms with Crippen LogP contribution in [-0.4, -0.2) is 48.1 Å². The lowest BCUT2D eigenvalue weighted by atomic mass is 9.80. The molecule has 0 radical (unpaired) electrons. The minimum atomic E-state index is 0.906. The smallest absolute Gasteiger partial charge is 0.0223 e. The summed E-state index contributed by atoms with van der Waals surface area (Å²) in [6.07, 6.45) is 7.24. The molecular weight excluding hydrogens is 184 g/mol. The lowest BCUT2D eigenvalue weighted by Gasteiger charge is -2.42. The highest BCUT2D eigenvalue weighted by Crippen LogP contribution is 2.33. The second-order valence-corrected chi connectivity index (χ2v) is 5.91. The van der Waals surface area contributed by atoms with E-state index >= 15 is 0 Å². The highest BCUT2D eigenvalue weighted by Gasteiger charge is 2.35. The third kappa shape index (κ3) is 1.94. The van der Waals surface area contributed by atoms with Crippen molar-refractivity contribution in [2.75, 3.05) is 26.2 Å². The van der Waals surface area contributed by atoms with E-state index in [0.29, 0.717) is 0 Å². The Kier molecular flexibility index (Phi) is 2.73. The van der Waals surface area contributed by atoms with Gasteiger partial charge in [0.15, 0.2) is 0 Å². The van der Waals surface area contributed by atoms with Gasteiger partial charge in [0.05, 0.1) is 0 Å². The van der Waals surface area contributed by atoms with Crippen molar-refractivity contribution < 1.29 is 0 Å². The van der Waals surface area contributed by atoms with Crippen molar-refractivity contribution in [2.24, 2.45) is 5.92 Å². The van der Waals surface area contributed by atoms with Gasteiger partial charge in [0.25, 0.3) is 0 Å². The maximum absolute atomic E-state index is 2.80. The van der Waals surface area contributed by atoms with Crippen molar-refractivity contribution in [1.82, 2.24) is 9.80 Å². The van der Waals surface area contributed by atoms with Gasteiger partial charge < -0.3 is 0 Å². The van der Waals surface area contributed by atoms with E-state index in [1.54, 1.807) is 0 Å². The molecule has 2 heteroatoms. The predicted molar refractivity (Wildman–Crippen MR) is 63.0 cm³/mol. The zero-order valence-corrected chi connectivity index (χ0v) is 9.99. The number of rotatable bonds is 1. The van der Waals surface area contributed by atoms with E-state index in [0.717, 1.165) is 18.0 Å². The summed E-state index contributed by atoms with van der Waals surface area (Å²) in [5.41, 5.74) is 0. The zero-order chi connectivity index (χ0) is 10.3. The van der Waals surface area contributed by atoms with Crippen LogP contribution in [0.15, 0.2) is 0 Å². The molecule has 3 aliphatic rings. The summed E-state index contributed by atoms with van der Waals surface area (Å²) in [6.45, 7) is 7.88. The SMILES string of the molecule is CC1CC(N2CCCN3CCCC3C2)C1. The van der Waals surface area contributed by atoms with Gasteiger partial charge >= 0.3 is 0 Å².